The number of nitrogens with one attached hydrogen (secondary N) is 1. The van der Waals surface area contributed by atoms with Gasteiger partial charge in [0.15, 0.2) is 0 Å². The zero-order chi connectivity index (χ0) is 14.7. The maximum Gasteiger partial charge on any atom is 0.322 e. The van der Waals surface area contributed by atoms with Crippen molar-refractivity contribution in [1.82, 2.24) is 4.90 Å². The molecule has 0 saturated heterocycles. The highest BCUT2D eigenvalue weighted by molar-refractivity contribution is 9.10. The number of hydrogen-bond donors (Lipinski definition) is 2. The maximum absolute atomic E-state index is 12.2. The average molecular weight is 362 g/mol. The third-order valence-corrected chi connectivity index (χ3v) is 3.81. The molecule has 1 aliphatic carbocycles. The number of anilines is 1. The molecule has 1 fully saturated rings. The van der Waals surface area contributed by atoms with Crippen molar-refractivity contribution in [3.05, 3.63) is 27.7 Å². The van der Waals surface area contributed by atoms with Gasteiger partial charge in [0.05, 0.1) is 17.1 Å². The number of hydrogen-bond acceptors (Lipinski definition) is 2. The second-order valence-corrected chi connectivity index (χ2v) is 5.95. The number of rotatable bonds is 5. The van der Waals surface area contributed by atoms with Crippen molar-refractivity contribution in [3.8, 4) is 0 Å². The van der Waals surface area contributed by atoms with Crippen molar-refractivity contribution in [1.29, 1.82) is 0 Å². The second kappa shape index (κ2) is 6.45. The van der Waals surface area contributed by atoms with Crippen LogP contribution in [0.3, 0.4) is 0 Å². The van der Waals surface area contributed by atoms with Gasteiger partial charge in [-0.2, -0.15) is 0 Å². The molecule has 0 aromatic heterocycles. The number of amides is 2. The lowest BCUT2D eigenvalue weighted by atomic mass is 10.3. The molecule has 7 heteroatoms. The highest BCUT2D eigenvalue weighted by Gasteiger charge is 2.32. The summed E-state index contributed by atoms with van der Waals surface area (Å²) in [5.41, 5.74) is 0.506. The van der Waals surface area contributed by atoms with E-state index in [0.29, 0.717) is 10.7 Å². The van der Waals surface area contributed by atoms with Gasteiger partial charge in [0.2, 0.25) is 0 Å². The Kier molecular flexibility index (Phi) is 4.88. The number of urea groups is 1. The van der Waals surface area contributed by atoms with Crippen LogP contribution in [0, 0.1) is 0 Å². The Morgan fingerprint density at radius 3 is 2.75 bits per heavy atom. The van der Waals surface area contributed by atoms with Crippen LogP contribution in [0.1, 0.15) is 19.3 Å². The van der Waals surface area contributed by atoms with Crippen LogP contribution in [0.25, 0.3) is 0 Å². The lowest BCUT2D eigenvalue weighted by molar-refractivity contribution is -0.137. The number of carboxylic acid groups (broad SMARTS) is 1. The molecule has 1 aromatic carbocycles. The first-order valence-corrected chi connectivity index (χ1v) is 7.39. The number of carbonyl (C=O) groups excluding carboxylic acids is 1. The first kappa shape index (κ1) is 15.1. The van der Waals surface area contributed by atoms with E-state index in [0.717, 1.165) is 17.3 Å². The maximum atomic E-state index is 12.2. The summed E-state index contributed by atoms with van der Waals surface area (Å²) in [5, 5.41) is 11.9. The van der Waals surface area contributed by atoms with Crippen molar-refractivity contribution in [2.24, 2.45) is 0 Å². The molecule has 0 unspecified atom stereocenters. The van der Waals surface area contributed by atoms with E-state index in [1.165, 1.54) is 0 Å². The molecule has 0 spiro atoms. The van der Waals surface area contributed by atoms with E-state index in [4.69, 9.17) is 16.7 Å². The predicted molar refractivity (Wildman–Crippen MR) is 80.2 cm³/mol. The highest BCUT2D eigenvalue weighted by Crippen LogP contribution is 2.30. The van der Waals surface area contributed by atoms with Crippen LogP contribution in [-0.4, -0.2) is 34.6 Å². The molecule has 0 radical (unpaired) electrons. The molecule has 2 N–H and O–H groups in total. The zero-order valence-corrected chi connectivity index (χ0v) is 12.9. The minimum absolute atomic E-state index is 0.0594. The number of aliphatic carboxylic acids is 1. The fourth-order valence-corrected chi connectivity index (χ4v) is 2.36. The zero-order valence-electron chi connectivity index (χ0n) is 10.6. The van der Waals surface area contributed by atoms with Crippen molar-refractivity contribution in [2.75, 3.05) is 11.9 Å². The number of nitrogens with zero attached hydrogens (tertiary/aromatic N) is 1. The predicted octanol–water partition coefficient (Wildman–Crippen LogP) is 3.57. The molecular weight excluding hydrogens is 348 g/mol. The summed E-state index contributed by atoms with van der Waals surface area (Å²) >= 11 is 9.33. The lowest BCUT2D eigenvalue weighted by Crippen LogP contribution is -2.38. The quantitative estimate of drug-likeness (QED) is 0.842. The molecule has 20 heavy (non-hydrogen) atoms. The minimum Gasteiger partial charge on any atom is -0.481 e. The Bertz CT molecular complexity index is 534. The monoisotopic (exact) mass is 360 g/mol. The van der Waals surface area contributed by atoms with Crippen LogP contribution in [0.15, 0.2) is 22.7 Å². The minimum atomic E-state index is -0.913. The standard InChI is InChI=1S/C13H14BrClN2O3/c14-8-1-4-10(15)11(7-8)16-13(20)17(9-2-3-9)6-5-12(18)19/h1,4,7,9H,2-3,5-6H2,(H,16,20)(H,18,19). The van der Waals surface area contributed by atoms with Gasteiger partial charge in [-0.05, 0) is 31.0 Å². The Hall–Kier alpha value is -1.27. The summed E-state index contributed by atoms with van der Waals surface area (Å²) in [6.07, 6.45) is 1.77. The molecule has 0 heterocycles. The van der Waals surface area contributed by atoms with Crippen molar-refractivity contribution < 1.29 is 14.7 Å². The van der Waals surface area contributed by atoms with Gasteiger partial charge in [0, 0.05) is 17.1 Å². The Balaban J connectivity index is 2.04. The number of halogens is 2. The van der Waals surface area contributed by atoms with Crippen molar-refractivity contribution in [3.63, 3.8) is 0 Å². The molecule has 2 rings (SSSR count). The van der Waals surface area contributed by atoms with Gasteiger partial charge in [0.1, 0.15) is 0 Å². The van der Waals surface area contributed by atoms with Crippen LogP contribution >= 0.6 is 27.5 Å². The normalized spacial score (nSPS) is 13.9. The molecule has 5 nitrogen and oxygen atoms in total. The van der Waals surface area contributed by atoms with Gasteiger partial charge < -0.3 is 15.3 Å². The Morgan fingerprint density at radius 2 is 2.15 bits per heavy atom. The van der Waals surface area contributed by atoms with E-state index in [9.17, 15) is 9.59 Å². The van der Waals surface area contributed by atoms with Crippen LogP contribution in [-0.2, 0) is 4.79 Å². The lowest BCUT2D eigenvalue weighted by Gasteiger charge is -2.22. The number of benzene rings is 1. The molecule has 2 amide bonds. The molecule has 0 aliphatic heterocycles. The average Bonchev–Trinajstić information content (AvgIpc) is 3.18. The fourth-order valence-electron chi connectivity index (χ4n) is 1.83. The van der Waals surface area contributed by atoms with Gasteiger partial charge in [-0.15, -0.1) is 0 Å². The van der Waals surface area contributed by atoms with E-state index in [1.54, 1.807) is 23.1 Å². The summed E-state index contributed by atoms with van der Waals surface area (Å²) < 4.78 is 0.806. The Morgan fingerprint density at radius 1 is 1.45 bits per heavy atom. The molecule has 0 bridgehead atoms. The van der Waals surface area contributed by atoms with Gasteiger partial charge in [-0.25, -0.2) is 4.79 Å². The number of carbonyl (C=O) groups is 2. The van der Waals surface area contributed by atoms with Crippen molar-refractivity contribution in [2.45, 2.75) is 25.3 Å². The fraction of sp³-hybridized carbons (Fsp3) is 0.385. The van der Waals surface area contributed by atoms with E-state index >= 15 is 0 Å². The largest absolute Gasteiger partial charge is 0.481 e. The van der Waals surface area contributed by atoms with Crippen LogP contribution in [0.2, 0.25) is 5.02 Å². The first-order chi connectivity index (χ1) is 9.47. The summed E-state index contributed by atoms with van der Waals surface area (Å²) in [6.45, 7) is 0.206. The van der Waals surface area contributed by atoms with Crippen LogP contribution < -0.4 is 5.32 Å². The third-order valence-electron chi connectivity index (χ3n) is 2.99. The van der Waals surface area contributed by atoms with Crippen molar-refractivity contribution >= 4 is 45.2 Å². The summed E-state index contributed by atoms with van der Waals surface area (Å²) in [6, 6.07) is 5.00. The van der Waals surface area contributed by atoms with Gasteiger partial charge in [-0.1, -0.05) is 27.5 Å². The van der Waals surface area contributed by atoms with Crippen LogP contribution in [0.5, 0.6) is 0 Å². The van der Waals surface area contributed by atoms with E-state index in [2.05, 4.69) is 21.2 Å². The summed E-state index contributed by atoms with van der Waals surface area (Å²) in [5.74, 6) is -0.913. The topological polar surface area (TPSA) is 69.6 Å². The molecule has 0 atom stereocenters. The summed E-state index contributed by atoms with van der Waals surface area (Å²) in [4.78, 5) is 24.4. The summed E-state index contributed by atoms with van der Waals surface area (Å²) in [7, 11) is 0. The highest BCUT2D eigenvalue weighted by atomic mass is 79.9. The first-order valence-electron chi connectivity index (χ1n) is 6.22. The molecule has 1 saturated carbocycles. The Labute approximate surface area is 130 Å². The van der Waals surface area contributed by atoms with E-state index in [1.807, 2.05) is 0 Å². The van der Waals surface area contributed by atoms with E-state index < -0.39 is 5.97 Å². The van der Waals surface area contributed by atoms with Gasteiger partial charge in [-0.3, -0.25) is 4.79 Å². The molecular formula is C13H14BrClN2O3. The SMILES string of the molecule is O=C(O)CCN(C(=O)Nc1cc(Br)ccc1Cl)C1CC1. The smallest absolute Gasteiger partial charge is 0.322 e. The third kappa shape index (κ3) is 4.11. The number of carboxylic acids is 1. The van der Waals surface area contributed by atoms with E-state index in [-0.39, 0.29) is 25.0 Å². The molecule has 108 valence electrons. The van der Waals surface area contributed by atoms with Crippen LogP contribution in [0.4, 0.5) is 10.5 Å². The van der Waals surface area contributed by atoms with Gasteiger partial charge >= 0.3 is 12.0 Å². The molecule has 1 aliphatic rings. The van der Waals surface area contributed by atoms with Gasteiger partial charge in [0.25, 0.3) is 0 Å². The second-order valence-electron chi connectivity index (χ2n) is 4.62. The molecule has 1 aromatic rings.